The van der Waals surface area contributed by atoms with Crippen LogP contribution in [0.4, 0.5) is 32.0 Å². The van der Waals surface area contributed by atoms with Crippen LogP contribution in [-0.2, 0) is 12.4 Å². The molecule has 1 aromatic heterocycles. The van der Waals surface area contributed by atoms with Crippen molar-refractivity contribution in [2.24, 2.45) is 0 Å². The van der Waals surface area contributed by atoms with Gasteiger partial charge in [0.15, 0.2) is 6.61 Å². The second kappa shape index (κ2) is 6.58. The highest BCUT2D eigenvalue weighted by atomic mass is 19.4. The molecule has 26 heavy (non-hydrogen) atoms. The summed E-state index contributed by atoms with van der Waals surface area (Å²) in [5.41, 5.74) is -4.49. The minimum Gasteiger partial charge on any atom is -0.464 e. The Morgan fingerprint density at radius 2 is 1.88 bits per heavy atom. The number of benzene rings is 1. The predicted octanol–water partition coefficient (Wildman–Crippen LogP) is 3.83. The predicted molar refractivity (Wildman–Crippen MR) is 74.6 cm³/mol. The summed E-state index contributed by atoms with van der Waals surface area (Å²) in [6.07, 6.45) is -4.56. The monoisotopic (exact) mass is 379 g/mol. The highest BCUT2D eigenvalue weighted by molar-refractivity contribution is 5.56. The number of nitro groups is 1. The van der Waals surface area contributed by atoms with Crippen molar-refractivity contribution in [3.8, 4) is 23.9 Å². The zero-order chi connectivity index (χ0) is 19.7. The Balaban J connectivity index is 2.70. The third-order valence-corrected chi connectivity index (χ3v) is 3.05. The first-order chi connectivity index (χ1) is 12.0. The fourth-order valence-corrected chi connectivity index (χ4v) is 1.98. The van der Waals surface area contributed by atoms with Crippen LogP contribution in [0.1, 0.15) is 11.1 Å². The number of alkyl halides is 6. The molecule has 0 saturated carbocycles. The van der Waals surface area contributed by atoms with Gasteiger partial charge in [0.2, 0.25) is 5.88 Å². The van der Waals surface area contributed by atoms with Crippen molar-refractivity contribution in [1.29, 1.82) is 0 Å². The summed E-state index contributed by atoms with van der Waals surface area (Å²) >= 11 is 0. The molecule has 0 N–H and O–H groups in total. The lowest BCUT2D eigenvalue weighted by atomic mass is 10.1. The van der Waals surface area contributed by atoms with Crippen molar-refractivity contribution in [2.45, 2.75) is 12.4 Å². The van der Waals surface area contributed by atoms with Crippen LogP contribution in [-0.4, -0.2) is 21.3 Å². The number of terminal acetylenes is 1. The van der Waals surface area contributed by atoms with Gasteiger partial charge >= 0.3 is 12.4 Å². The molecule has 0 aliphatic carbocycles. The smallest absolute Gasteiger partial charge is 0.423 e. The summed E-state index contributed by atoms with van der Waals surface area (Å²) in [4.78, 5) is 9.93. The van der Waals surface area contributed by atoms with Gasteiger partial charge in [-0.3, -0.25) is 10.1 Å². The van der Waals surface area contributed by atoms with E-state index < -0.39 is 52.3 Å². The van der Waals surface area contributed by atoms with Crippen molar-refractivity contribution in [3.05, 3.63) is 45.6 Å². The maximum atomic E-state index is 13.0. The highest BCUT2D eigenvalue weighted by Crippen LogP contribution is 2.40. The van der Waals surface area contributed by atoms with Crippen LogP contribution in [0, 0.1) is 22.5 Å². The number of nitrogens with zero attached hydrogens (tertiary/aromatic N) is 3. The van der Waals surface area contributed by atoms with Crippen molar-refractivity contribution in [2.75, 3.05) is 6.61 Å². The van der Waals surface area contributed by atoms with E-state index in [0.717, 1.165) is 0 Å². The SMILES string of the molecule is C#CCOc1c(C(F)(F)F)cnn1-c1ccc(C(F)(F)F)cc1[N+](=O)[O-]. The Morgan fingerprint density at radius 3 is 2.38 bits per heavy atom. The second-order valence-corrected chi connectivity index (χ2v) is 4.72. The summed E-state index contributed by atoms with van der Waals surface area (Å²) < 4.78 is 82.4. The molecule has 2 rings (SSSR count). The number of halogens is 6. The molecule has 2 aromatic rings. The van der Waals surface area contributed by atoms with Crippen molar-refractivity contribution in [3.63, 3.8) is 0 Å². The first-order valence-corrected chi connectivity index (χ1v) is 6.54. The summed E-state index contributed by atoms with van der Waals surface area (Å²) in [6.45, 7) is -0.622. The molecule has 1 aromatic carbocycles. The average molecular weight is 379 g/mol. The van der Waals surface area contributed by atoms with Gasteiger partial charge in [-0.25, -0.2) is 0 Å². The van der Waals surface area contributed by atoms with Gasteiger partial charge in [0.05, 0.1) is 16.7 Å². The molecule has 0 radical (unpaired) electrons. The summed E-state index contributed by atoms with van der Waals surface area (Å²) in [7, 11) is 0. The minimum atomic E-state index is -4.93. The average Bonchev–Trinajstić information content (AvgIpc) is 2.95. The summed E-state index contributed by atoms with van der Waals surface area (Å²) in [5, 5.41) is 14.5. The number of rotatable bonds is 4. The van der Waals surface area contributed by atoms with Gasteiger partial charge in [-0.2, -0.15) is 36.1 Å². The normalized spacial score (nSPS) is 11.9. The zero-order valence-corrected chi connectivity index (χ0v) is 12.4. The maximum absolute atomic E-state index is 13.0. The second-order valence-electron chi connectivity index (χ2n) is 4.72. The standard InChI is InChI=1S/C14H7F6N3O3/c1-2-5-26-12-9(14(18,19)20)7-21-22(12)10-4-3-8(13(15,16)17)6-11(10)23(24)25/h1,3-4,6-7H,5H2. The third-order valence-electron chi connectivity index (χ3n) is 3.05. The summed E-state index contributed by atoms with van der Waals surface area (Å²) in [5.74, 6) is 0.943. The number of aromatic nitrogens is 2. The molecule has 6 nitrogen and oxygen atoms in total. The van der Waals surface area contributed by atoms with Crippen LogP contribution < -0.4 is 4.74 Å². The third kappa shape index (κ3) is 3.71. The van der Waals surface area contributed by atoms with Crippen LogP contribution in [0.25, 0.3) is 5.69 Å². The molecule has 0 aliphatic heterocycles. The Bertz CT molecular complexity index is 880. The van der Waals surface area contributed by atoms with Crippen molar-refractivity contribution in [1.82, 2.24) is 9.78 Å². The Kier molecular flexibility index (Phi) is 4.84. The molecule has 0 amide bonds. The molecule has 12 heteroatoms. The number of hydrogen-bond donors (Lipinski definition) is 0. The topological polar surface area (TPSA) is 70.2 Å². The van der Waals surface area contributed by atoms with E-state index in [1.807, 2.05) is 5.92 Å². The van der Waals surface area contributed by atoms with E-state index in [9.17, 15) is 36.5 Å². The Morgan fingerprint density at radius 1 is 1.23 bits per heavy atom. The van der Waals surface area contributed by atoms with E-state index in [4.69, 9.17) is 11.2 Å². The lowest BCUT2D eigenvalue weighted by molar-refractivity contribution is -0.384. The minimum absolute atomic E-state index is 0.190. The van der Waals surface area contributed by atoms with Gasteiger partial charge in [0.25, 0.3) is 5.69 Å². The molecule has 0 saturated heterocycles. The fraction of sp³-hybridized carbons (Fsp3) is 0.214. The highest BCUT2D eigenvalue weighted by Gasteiger charge is 2.39. The van der Waals surface area contributed by atoms with Gasteiger partial charge in [0, 0.05) is 6.07 Å². The van der Waals surface area contributed by atoms with Crippen LogP contribution in [0.5, 0.6) is 5.88 Å². The lowest BCUT2D eigenvalue weighted by Gasteiger charge is -2.12. The molecule has 1 heterocycles. The lowest BCUT2D eigenvalue weighted by Crippen LogP contribution is -2.12. The van der Waals surface area contributed by atoms with Gasteiger partial charge in [0.1, 0.15) is 11.3 Å². The van der Waals surface area contributed by atoms with E-state index in [1.165, 1.54) is 0 Å². The van der Waals surface area contributed by atoms with Crippen molar-refractivity contribution < 1.29 is 36.0 Å². The van der Waals surface area contributed by atoms with Gasteiger partial charge in [-0.05, 0) is 12.1 Å². The number of hydrogen-bond acceptors (Lipinski definition) is 4. The zero-order valence-electron chi connectivity index (χ0n) is 12.4. The molecule has 0 atom stereocenters. The van der Waals surface area contributed by atoms with Crippen LogP contribution >= 0.6 is 0 Å². The van der Waals surface area contributed by atoms with E-state index >= 15 is 0 Å². The summed E-state index contributed by atoms with van der Waals surface area (Å²) in [6, 6.07) is 1.29. The molecular formula is C14H7F6N3O3. The van der Waals surface area contributed by atoms with E-state index in [0.29, 0.717) is 23.0 Å². The Labute approximate surface area is 141 Å². The molecular weight excluding hydrogens is 372 g/mol. The van der Waals surface area contributed by atoms with Crippen molar-refractivity contribution >= 4 is 5.69 Å². The first kappa shape index (κ1) is 19.1. The maximum Gasteiger partial charge on any atom is 0.423 e. The van der Waals surface area contributed by atoms with Crippen LogP contribution in [0.15, 0.2) is 24.4 Å². The van der Waals surface area contributed by atoms with Crippen LogP contribution in [0.3, 0.4) is 0 Å². The van der Waals surface area contributed by atoms with E-state index in [2.05, 4.69) is 5.10 Å². The van der Waals surface area contributed by atoms with Crippen LogP contribution in [0.2, 0.25) is 0 Å². The number of ether oxygens (including phenoxy) is 1. The first-order valence-electron chi connectivity index (χ1n) is 6.54. The molecule has 138 valence electrons. The largest absolute Gasteiger partial charge is 0.464 e. The van der Waals surface area contributed by atoms with Gasteiger partial charge < -0.3 is 4.74 Å². The fourth-order valence-electron chi connectivity index (χ4n) is 1.98. The molecule has 0 fully saturated rings. The van der Waals surface area contributed by atoms with Gasteiger partial charge in [-0.1, -0.05) is 5.92 Å². The molecule has 0 bridgehead atoms. The molecule has 0 unspecified atom stereocenters. The quantitative estimate of drug-likeness (QED) is 0.350. The van der Waals surface area contributed by atoms with Gasteiger partial charge in [-0.15, -0.1) is 6.42 Å². The Hall–Kier alpha value is -3.23. The molecule has 0 spiro atoms. The number of nitro benzene ring substituents is 1. The molecule has 0 aliphatic rings. The van der Waals surface area contributed by atoms with E-state index in [-0.39, 0.29) is 6.07 Å². The van der Waals surface area contributed by atoms with E-state index in [1.54, 1.807) is 0 Å².